The number of hydrogen-bond donors (Lipinski definition) is 4. The Morgan fingerprint density at radius 1 is 1.12 bits per heavy atom. The van der Waals surface area contributed by atoms with E-state index in [0.717, 1.165) is 42.9 Å². The molecule has 0 bridgehead atoms. The number of ether oxygens (including phenoxy) is 3. The van der Waals surface area contributed by atoms with E-state index in [0.29, 0.717) is 53.2 Å². The van der Waals surface area contributed by atoms with Crippen LogP contribution in [0.25, 0.3) is 11.0 Å². The highest BCUT2D eigenvalue weighted by Gasteiger charge is 2.36. The maximum atomic E-state index is 15.4. The van der Waals surface area contributed by atoms with Gasteiger partial charge >= 0.3 is 0 Å². The van der Waals surface area contributed by atoms with Gasteiger partial charge in [-0.25, -0.2) is 14.4 Å². The van der Waals surface area contributed by atoms with E-state index in [1.807, 2.05) is 19.1 Å². The lowest BCUT2D eigenvalue weighted by molar-refractivity contribution is -0.117. The number of nitrogens with zero attached hydrogens (tertiary/aromatic N) is 3. The van der Waals surface area contributed by atoms with Crippen molar-refractivity contribution in [2.24, 2.45) is 0 Å². The first kappa shape index (κ1) is 31.7. The molecule has 248 valence electrons. The summed E-state index contributed by atoms with van der Waals surface area (Å²) in [6, 6.07) is 11.3. The largest absolute Gasteiger partial charge is 0.487 e. The minimum atomic E-state index is -0.770. The molecular formula is C34H34FN7O5S. The summed E-state index contributed by atoms with van der Waals surface area (Å²) >= 11 is 1.35. The third-order valence-corrected chi connectivity index (χ3v) is 9.23. The Morgan fingerprint density at radius 2 is 2.04 bits per heavy atom. The number of nitrogens with one attached hydrogen (secondary N) is 4. The number of anilines is 2. The molecule has 2 aromatic carbocycles. The first-order valence-corrected chi connectivity index (χ1v) is 16.7. The zero-order valence-electron chi connectivity index (χ0n) is 26.2. The van der Waals surface area contributed by atoms with Crippen LogP contribution in [0.5, 0.6) is 17.2 Å². The molecule has 3 aromatic heterocycles. The SMILES string of the molecule is C[C@]1(CC(=O)Nc2nccs2)NCCc2cc(OCC3CCCCO3)c(Oc3ccc(C(=O)Nc4[nH]nc5ncccc45)c(F)c3)cc21. The van der Waals surface area contributed by atoms with Gasteiger partial charge in [0, 0.05) is 49.0 Å². The van der Waals surface area contributed by atoms with Crippen LogP contribution in [0.1, 0.15) is 54.1 Å². The van der Waals surface area contributed by atoms with Crippen molar-refractivity contribution in [1.82, 2.24) is 25.5 Å². The number of aromatic amines is 1. The molecule has 5 heterocycles. The van der Waals surface area contributed by atoms with Gasteiger partial charge in [0.25, 0.3) is 5.91 Å². The molecule has 7 rings (SSSR count). The van der Waals surface area contributed by atoms with Crippen LogP contribution in [0.15, 0.2) is 60.2 Å². The molecule has 12 nitrogen and oxygen atoms in total. The van der Waals surface area contributed by atoms with E-state index in [-0.39, 0.29) is 29.7 Å². The van der Waals surface area contributed by atoms with Gasteiger partial charge in [0.05, 0.1) is 17.1 Å². The molecule has 14 heteroatoms. The lowest BCUT2D eigenvalue weighted by atomic mass is 9.81. The van der Waals surface area contributed by atoms with Crippen LogP contribution in [0.2, 0.25) is 0 Å². The summed E-state index contributed by atoms with van der Waals surface area (Å²) < 4.78 is 33.9. The van der Waals surface area contributed by atoms with Crippen molar-refractivity contribution in [3.8, 4) is 17.2 Å². The molecule has 4 N–H and O–H groups in total. The van der Waals surface area contributed by atoms with Gasteiger partial charge in [-0.05, 0) is 80.1 Å². The van der Waals surface area contributed by atoms with Gasteiger partial charge in [-0.2, -0.15) is 5.10 Å². The molecule has 2 aliphatic rings. The molecule has 1 saturated heterocycles. The Balaban J connectivity index is 1.15. The van der Waals surface area contributed by atoms with Crippen LogP contribution in [-0.4, -0.2) is 57.8 Å². The number of hydrogen-bond acceptors (Lipinski definition) is 10. The Morgan fingerprint density at radius 3 is 2.85 bits per heavy atom. The van der Waals surface area contributed by atoms with Crippen molar-refractivity contribution in [2.45, 2.75) is 50.7 Å². The molecular weight excluding hydrogens is 637 g/mol. The molecule has 2 amide bonds. The van der Waals surface area contributed by atoms with Crippen LogP contribution in [0, 0.1) is 5.82 Å². The lowest BCUT2D eigenvalue weighted by Crippen LogP contribution is -2.47. The minimum Gasteiger partial charge on any atom is -0.487 e. The van der Waals surface area contributed by atoms with Crippen LogP contribution in [0.4, 0.5) is 15.3 Å². The second-order valence-electron chi connectivity index (χ2n) is 12.0. The van der Waals surface area contributed by atoms with Crippen LogP contribution in [0.3, 0.4) is 0 Å². The number of rotatable bonds is 10. The van der Waals surface area contributed by atoms with E-state index in [4.69, 9.17) is 14.2 Å². The number of pyridine rings is 1. The topological polar surface area (TPSA) is 152 Å². The second-order valence-corrected chi connectivity index (χ2v) is 12.9. The first-order valence-electron chi connectivity index (χ1n) is 15.8. The zero-order chi connectivity index (χ0) is 33.1. The van der Waals surface area contributed by atoms with Crippen LogP contribution < -0.4 is 25.4 Å². The van der Waals surface area contributed by atoms with E-state index in [1.54, 1.807) is 29.9 Å². The van der Waals surface area contributed by atoms with E-state index >= 15 is 4.39 Å². The number of aromatic nitrogens is 4. The lowest BCUT2D eigenvalue weighted by Gasteiger charge is -2.37. The van der Waals surface area contributed by atoms with Crippen molar-refractivity contribution in [2.75, 3.05) is 30.4 Å². The van der Waals surface area contributed by atoms with Crippen molar-refractivity contribution < 1.29 is 28.2 Å². The highest BCUT2D eigenvalue weighted by molar-refractivity contribution is 7.13. The Labute approximate surface area is 279 Å². The van der Waals surface area contributed by atoms with Crippen molar-refractivity contribution in [3.05, 3.63) is 82.7 Å². The molecule has 0 saturated carbocycles. The van der Waals surface area contributed by atoms with Gasteiger partial charge in [0.15, 0.2) is 22.3 Å². The quantitative estimate of drug-likeness (QED) is 0.141. The van der Waals surface area contributed by atoms with Crippen LogP contribution in [-0.2, 0) is 21.5 Å². The zero-order valence-corrected chi connectivity index (χ0v) is 27.0. The molecule has 0 radical (unpaired) electrons. The maximum absolute atomic E-state index is 15.4. The van der Waals surface area contributed by atoms with Crippen LogP contribution >= 0.6 is 11.3 Å². The summed E-state index contributed by atoms with van der Waals surface area (Å²) in [6.45, 7) is 3.67. The minimum absolute atomic E-state index is 0.0397. The molecule has 48 heavy (non-hydrogen) atoms. The molecule has 0 spiro atoms. The molecule has 2 aliphatic heterocycles. The van der Waals surface area contributed by atoms with Gasteiger partial charge in [0.2, 0.25) is 5.91 Å². The van der Waals surface area contributed by atoms with Crippen molar-refractivity contribution in [1.29, 1.82) is 0 Å². The third kappa shape index (κ3) is 6.86. The maximum Gasteiger partial charge on any atom is 0.259 e. The molecule has 2 atom stereocenters. The number of benzene rings is 2. The number of fused-ring (bicyclic) bond motifs is 2. The summed E-state index contributed by atoms with van der Waals surface area (Å²) in [5.74, 6) is -0.275. The molecule has 5 aromatic rings. The molecule has 1 unspecified atom stereocenters. The monoisotopic (exact) mass is 671 g/mol. The van der Waals surface area contributed by atoms with Gasteiger partial charge in [-0.3, -0.25) is 14.7 Å². The number of H-pyrrole nitrogens is 1. The summed E-state index contributed by atoms with van der Waals surface area (Å²) in [5.41, 5.74) is 1.43. The number of halogens is 1. The van der Waals surface area contributed by atoms with E-state index in [1.165, 1.54) is 23.5 Å². The predicted octanol–water partition coefficient (Wildman–Crippen LogP) is 5.94. The summed E-state index contributed by atoms with van der Waals surface area (Å²) in [4.78, 5) is 34.4. The smallest absolute Gasteiger partial charge is 0.259 e. The Bertz CT molecular complexity index is 1950. The number of thiazole rings is 1. The van der Waals surface area contributed by atoms with Crippen molar-refractivity contribution in [3.63, 3.8) is 0 Å². The Kier molecular flexibility index (Phi) is 9.02. The molecule has 1 fully saturated rings. The average molecular weight is 672 g/mol. The standard InChI is InChI=1S/C34H34FN7O5S/c1-34(18-29(43)39-33-37-12-14-48-33)25-17-28(27(15-20(25)9-11-38-34)46-19-22-5-2-3-13-45-22)47-21-7-8-23(26(35)16-21)32(44)40-31-24-6-4-10-36-30(24)41-42-31/h4,6-8,10,12,14-17,22,38H,2-3,5,9,11,13,18-19H2,1H3,(H,37,39,43)(H2,36,40,41,42,44)/t22?,34-/m1/s1. The van der Waals surface area contributed by atoms with E-state index in [9.17, 15) is 9.59 Å². The fourth-order valence-corrected chi connectivity index (χ4v) is 6.67. The van der Waals surface area contributed by atoms with Gasteiger partial charge in [-0.1, -0.05) is 0 Å². The van der Waals surface area contributed by atoms with Crippen molar-refractivity contribution >= 4 is 45.1 Å². The number of amides is 2. The number of carbonyl (C=O) groups is 2. The normalized spacial score (nSPS) is 19.0. The fraction of sp³-hybridized carbons (Fsp3) is 0.324. The predicted molar refractivity (Wildman–Crippen MR) is 178 cm³/mol. The van der Waals surface area contributed by atoms with Gasteiger partial charge in [0.1, 0.15) is 24.0 Å². The van der Waals surface area contributed by atoms with Gasteiger partial charge in [-0.15, -0.1) is 11.3 Å². The second kappa shape index (κ2) is 13.7. The number of carbonyl (C=O) groups excluding carboxylic acids is 2. The van der Waals surface area contributed by atoms with E-state index < -0.39 is 17.3 Å². The summed E-state index contributed by atoms with van der Waals surface area (Å²) in [6.07, 6.45) is 7.06. The highest BCUT2D eigenvalue weighted by atomic mass is 32.1. The highest BCUT2D eigenvalue weighted by Crippen LogP contribution is 2.41. The summed E-state index contributed by atoms with van der Waals surface area (Å²) in [7, 11) is 0. The summed E-state index contributed by atoms with van der Waals surface area (Å²) in [5, 5.41) is 18.8. The molecule has 0 aliphatic carbocycles. The fourth-order valence-electron chi connectivity index (χ4n) is 6.13. The van der Waals surface area contributed by atoms with E-state index in [2.05, 4.69) is 36.1 Å². The van der Waals surface area contributed by atoms with Gasteiger partial charge < -0.3 is 30.2 Å². The third-order valence-electron chi connectivity index (χ3n) is 8.55. The average Bonchev–Trinajstić information content (AvgIpc) is 3.74. The Hall–Kier alpha value is -4.92. The first-order chi connectivity index (χ1) is 23.3.